The average Bonchev–Trinajstić information content (AvgIpc) is 2.53. The molecule has 23 heavy (non-hydrogen) atoms. The second-order valence-corrected chi connectivity index (χ2v) is 6.03. The topological polar surface area (TPSA) is 58.6 Å². The van der Waals surface area contributed by atoms with E-state index in [1.54, 1.807) is 13.2 Å². The molecule has 2 N–H and O–H groups in total. The van der Waals surface area contributed by atoms with Gasteiger partial charge in [-0.25, -0.2) is 0 Å². The largest absolute Gasteiger partial charge is 0.508 e. The summed E-state index contributed by atoms with van der Waals surface area (Å²) in [6, 6.07) is 11.5. The molecular weight excluding hydrogens is 290 g/mol. The number of carbonyl (C=O) groups is 1. The standard InChI is InChI=1S/C19H21NO3/c1-12(21)20-19-11-17(23-2)7-8-18(19)15-4-3-14-10-16(22)6-5-13(14)9-15/h5-8,10-11,15,22H,3-4,9H2,1-2H3,(H,20,21)/t15-/m1/s1. The number of phenols is 1. The van der Waals surface area contributed by atoms with Crippen molar-refractivity contribution in [1.82, 2.24) is 0 Å². The molecule has 2 aromatic carbocycles. The summed E-state index contributed by atoms with van der Waals surface area (Å²) >= 11 is 0. The fourth-order valence-corrected chi connectivity index (χ4v) is 3.32. The van der Waals surface area contributed by atoms with Crippen LogP contribution in [0, 0.1) is 0 Å². The zero-order chi connectivity index (χ0) is 16.4. The predicted octanol–water partition coefficient (Wildman–Crippen LogP) is 3.63. The Morgan fingerprint density at radius 2 is 2.04 bits per heavy atom. The molecule has 0 aromatic heterocycles. The SMILES string of the molecule is COc1ccc([C@@H]2CCc3cc(O)ccc3C2)c(NC(C)=O)c1. The van der Waals surface area contributed by atoms with Crippen molar-refractivity contribution in [2.24, 2.45) is 0 Å². The van der Waals surface area contributed by atoms with Crippen LogP contribution in [0.3, 0.4) is 0 Å². The number of amides is 1. The number of phenolic OH excluding ortho intramolecular Hbond substituents is 1. The molecule has 4 heteroatoms. The third-order valence-corrected chi connectivity index (χ3v) is 4.43. The van der Waals surface area contributed by atoms with Crippen LogP contribution in [0.5, 0.6) is 11.5 Å². The first-order valence-corrected chi connectivity index (χ1v) is 7.83. The van der Waals surface area contributed by atoms with Gasteiger partial charge in [-0.3, -0.25) is 4.79 Å². The first kappa shape index (κ1) is 15.4. The third-order valence-electron chi connectivity index (χ3n) is 4.43. The maximum atomic E-state index is 11.5. The van der Waals surface area contributed by atoms with E-state index in [-0.39, 0.29) is 5.91 Å². The molecule has 120 valence electrons. The van der Waals surface area contributed by atoms with Crippen molar-refractivity contribution in [3.05, 3.63) is 53.1 Å². The van der Waals surface area contributed by atoms with E-state index in [2.05, 4.69) is 5.32 Å². The minimum atomic E-state index is -0.0827. The number of nitrogens with one attached hydrogen (secondary N) is 1. The highest BCUT2D eigenvalue weighted by atomic mass is 16.5. The Morgan fingerprint density at radius 3 is 2.78 bits per heavy atom. The Bertz CT molecular complexity index is 739. The molecule has 1 atom stereocenters. The highest BCUT2D eigenvalue weighted by Gasteiger charge is 2.23. The molecule has 0 radical (unpaired) electrons. The molecule has 0 saturated heterocycles. The molecular formula is C19H21NO3. The summed E-state index contributed by atoms with van der Waals surface area (Å²) < 4.78 is 5.27. The van der Waals surface area contributed by atoms with E-state index in [9.17, 15) is 9.90 Å². The van der Waals surface area contributed by atoms with E-state index < -0.39 is 0 Å². The van der Waals surface area contributed by atoms with Gasteiger partial charge in [-0.2, -0.15) is 0 Å². The zero-order valence-corrected chi connectivity index (χ0v) is 13.4. The lowest BCUT2D eigenvalue weighted by atomic mass is 9.79. The average molecular weight is 311 g/mol. The van der Waals surface area contributed by atoms with Crippen molar-refractivity contribution in [3.63, 3.8) is 0 Å². The van der Waals surface area contributed by atoms with E-state index in [0.29, 0.717) is 11.7 Å². The number of carbonyl (C=O) groups excluding carboxylic acids is 1. The van der Waals surface area contributed by atoms with Crippen LogP contribution < -0.4 is 10.1 Å². The smallest absolute Gasteiger partial charge is 0.221 e. The number of fused-ring (bicyclic) bond motifs is 1. The summed E-state index contributed by atoms with van der Waals surface area (Å²) in [7, 11) is 1.62. The monoisotopic (exact) mass is 311 g/mol. The van der Waals surface area contributed by atoms with Gasteiger partial charge in [-0.1, -0.05) is 12.1 Å². The first-order chi connectivity index (χ1) is 11.1. The van der Waals surface area contributed by atoms with Gasteiger partial charge < -0.3 is 15.2 Å². The minimum Gasteiger partial charge on any atom is -0.508 e. The van der Waals surface area contributed by atoms with Crippen LogP contribution in [0.15, 0.2) is 36.4 Å². The lowest BCUT2D eigenvalue weighted by Gasteiger charge is -2.27. The molecule has 0 heterocycles. The fourth-order valence-electron chi connectivity index (χ4n) is 3.32. The molecule has 1 aliphatic rings. The molecule has 0 aliphatic heterocycles. The number of hydrogen-bond acceptors (Lipinski definition) is 3. The number of methoxy groups -OCH3 is 1. The van der Waals surface area contributed by atoms with Crippen molar-refractivity contribution in [1.29, 1.82) is 0 Å². The Kier molecular flexibility index (Phi) is 4.24. The number of benzene rings is 2. The normalized spacial score (nSPS) is 16.5. The van der Waals surface area contributed by atoms with Crippen LogP contribution in [0.1, 0.15) is 36.0 Å². The van der Waals surface area contributed by atoms with Crippen molar-refractivity contribution in [2.45, 2.75) is 32.1 Å². The first-order valence-electron chi connectivity index (χ1n) is 7.83. The molecule has 4 nitrogen and oxygen atoms in total. The second-order valence-electron chi connectivity index (χ2n) is 6.03. The number of aryl methyl sites for hydroxylation is 1. The van der Waals surface area contributed by atoms with E-state index in [4.69, 9.17) is 4.74 Å². The molecule has 1 amide bonds. The lowest BCUT2D eigenvalue weighted by molar-refractivity contribution is -0.114. The molecule has 0 saturated carbocycles. The van der Waals surface area contributed by atoms with Gasteiger partial charge in [-0.15, -0.1) is 0 Å². The van der Waals surface area contributed by atoms with Gasteiger partial charge in [0.1, 0.15) is 11.5 Å². The second kappa shape index (κ2) is 6.32. The van der Waals surface area contributed by atoms with Crippen molar-refractivity contribution in [3.8, 4) is 11.5 Å². The molecule has 0 unspecified atom stereocenters. The maximum Gasteiger partial charge on any atom is 0.221 e. The number of ether oxygens (including phenoxy) is 1. The quantitative estimate of drug-likeness (QED) is 0.910. The Labute approximate surface area is 136 Å². The number of rotatable bonds is 3. The molecule has 1 aliphatic carbocycles. The molecule has 3 rings (SSSR count). The highest BCUT2D eigenvalue weighted by molar-refractivity contribution is 5.90. The zero-order valence-electron chi connectivity index (χ0n) is 13.4. The molecule has 0 fully saturated rings. The van der Waals surface area contributed by atoms with Crippen molar-refractivity contribution in [2.75, 3.05) is 12.4 Å². The van der Waals surface area contributed by atoms with Gasteiger partial charge in [0.05, 0.1) is 7.11 Å². The van der Waals surface area contributed by atoms with Crippen LogP contribution in [0.25, 0.3) is 0 Å². The molecule has 0 bridgehead atoms. The van der Waals surface area contributed by atoms with E-state index in [1.807, 2.05) is 30.3 Å². The van der Waals surface area contributed by atoms with Crippen molar-refractivity contribution < 1.29 is 14.6 Å². The molecule has 0 spiro atoms. The Morgan fingerprint density at radius 1 is 1.22 bits per heavy atom. The van der Waals surface area contributed by atoms with Crippen LogP contribution in [0.2, 0.25) is 0 Å². The lowest BCUT2D eigenvalue weighted by Crippen LogP contribution is -2.16. The summed E-state index contributed by atoms with van der Waals surface area (Å²) in [5.41, 5.74) is 4.45. The summed E-state index contributed by atoms with van der Waals surface area (Å²) in [4.78, 5) is 11.5. The van der Waals surface area contributed by atoms with Gasteiger partial charge in [0, 0.05) is 18.7 Å². The van der Waals surface area contributed by atoms with E-state index >= 15 is 0 Å². The minimum absolute atomic E-state index is 0.0827. The van der Waals surface area contributed by atoms with Crippen LogP contribution in [0.4, 0.5) is 5.69 Å². The van der Waals surface area contributed by atoms with Crippen molar-refractivity contribution >= 4 is 11.6 Å². The number of anilines is 1. The predicted molar refractivity (Wildman–Crippen MR) is 90.2 cm³/mol. The summed E-state index contributed by atoms with van der Waals surface area (Å²) in [5.74, 6) is 1.32. The van der Waals surface area contributed by atoms with E-state index in [0.717, 1.165) is 36.3 Å². The molecule has 2 aromatic rings. The highest BCUT2D eigenvalue weighted by Crippen LogP contribution is 2.38. The van der Waals surface area contributed by atoms with Crippen LogP contribution in [-0.2, 0) is 17.6 Å². The number of hydrogen-bond donors (Lipinski definition) is 2. The summed E-state index contributed by atoms with van der Waals surface area (Å²) in [5, 5.41) is 12.5. The fraction of sp³-hybridized carbons (Fsp3) is 0.316. The van der Waals surface area contributed by atoms with Crippen LogP contribution in [-0.4, -0.2) is 18.1 Å². The van der Waals surface area contributed by atoms with Gasteiger partial charge >= 0.3 is 0 Å². The van der Waals surface area contributed by atoms with Gasteiger partial charge in [0.2, 0.25) is 5.91 Å². The van der Waals surface area contributed by atoms with Gasteiger partial charge in [0.25, 0.3) is 0 Å². The third kappa shape index (κ3) is 3.31. The number of aromatic hydroxyl groups is 1. The Balaban J connectivity index is 1.92. The van der Waals surface area contributed by atoms with E-state index in [1.165, 1.54) is 18.1 Å². The Hall–Kier alpha value is -2.49. The van der Waals surface area contributed by atoms with Gasteiger partial charge in [-0.05, 0) is 60.1 Å². The summed E-state index contributed by atoms with van der Waals surface area (Å²) in [6.45, 7) is 1.52. The van der Waals surface area contributed by atoms with Crippen LogP contribution >= 0.6 is 0 Å². The maximum absolute atomic E-state index is 11.5. The summed E-state index contributed by atoms with van der Waals surface area (Å²) in [6.07, 6.45) is 2.84. The van der Waals surface area contributed by atoms with Gasteiger partial charge in [0.15, 0.2) is 0 Å².